The van der Waals surface area contributed by atoms with E-state index in [1.165, 1.54) is 0 Å². The van der Waals surface area contributed by atoms with Gasteiger partial charge in [-0.3, -0.25) is 9.78 Å². The summed E-state index contributed by atoms with van der Waals surface area (Å²) in [7, 11) is 3.24. The van der Waals surface area contributed by atoms with E-state index in [4.69, 9.17) is 23.7 Å². The van der Waals surface area contributed by atoms with E-state index in [0.29, 0.717) is 30.2 Å². The lowest BCUT2D eigenvalue weighted by atomic mass is 9.84. The molecule has 0 radical (unpaired) electrons. The summed E-state index contributed by atoms with van der Waals surface area (Å²) in [4.78, 5) is 17.9. The largest absolute Gasteiger partial charge is 0.497 e. The zero-order valence-corrected chi connectivity index (χ0v) is 26.5. The number of benzene rings is 3. The third-order valence-corrected chi connectivity index (χ3v) is 7.75. The van der Waals surface area contributed by atoms with Crippen molar-refractivity contribution in [1.29, 1.82) is 0 Å². The Morgan fingerprint density at radius 3 is 2.42 bits per heavy atom. The number of ether oxygens (including phenoxy) is 5. The molecule has 0 bridgehead atoms. The molecule has 0 saturated carbocycles. The van der Waals surface area contributed by atoms with E-state index in [1.807, 2.05) is 93.6 Å². The van der Waals surface area contributed by atoms with E-state index in [0.717, 1.165) is 45.7 Å². The van der Waals surface area contributed by atoms with Gasteiger partial charge in [0.15, 0.2) is 0 Å². The van der Waals surface area contributed by atoms with Gasteiger partial charge in [-0.15, -0.1) is 0 Å². The van der Waals surface area contributed by atoms with Gasteiger partial charge < -0.3 is 28.8 Å². The van der Waals surface area contributed by atoms with Gasteiger partial charge in [0.2, 0.25) is 0 Å². The van der Waals surface area contributed by atoms with Crippen molar-refractivity contribution in [1.82, 2.24) is 4.98 Å². The number of carbonyl (C=O) groups is 1. The van der Waals surface area contributed by atoms with Gasteiger partial charge in [-0.25, -0.2) is 0 Å². The van der Waals surface area contributed by atoms with Crippen molar-refractivity contribution in [2.75, 3.05) is 20.8 Å². The Balaban J connectivity index is 1.47. The third kappa shape index (κ3) is 8.01. The molecule has 0 amide bonds. The average molecular weight is 612 g/mol. The van der Waals surface area contributed by atoms with E-state index in [2.05, 4.69) is 4.98 Å². The number of fused-ring (bicyclic) bond motifs is 1. The fraction of sp³-hybridized carbons (Fsp3) is 0.351. The zero-order valence-electron chi connectivity index (χ0n) is 26.5. The van der Waals surface area contributed by atoms with Crippen LogP contribution in [-0.2, 0) is 33.9 Å². The van der Waals surface area contributed by atoms with E-state index < -0.39 is 17.6 Å². The van der Waals surface area contributed by atoms with Crippen LogP contribution in [0.1, 0.15) is 78.3 Å². The fourth-order valence-corrected chi connectivity index (χ4v) is 5.56. The fourth-order valence-electron chi connectivity index (χ4n) is 5.56. The normalized spacial score (nSPS) is 13.8. The SMILES string of the molecule is COc1ccc(COCc2cc(OC)ccc2[C@@H](O)c2ncccc2[C@@H](CC(=O)OC(C)(C)C)c2ccc3c(c2)OCC3)cc1. The lowest BCUT2D eigenvalue weighted by Crippen LogP contribution is -2.25. The van der Waals surface area contributed by atoms with Crippen molar-refractivity contribution >= 4 is 5.97 Å². The van der Waals surface area contributed by atoms with Crippen molar-refractivity contribution in [3.63, 3.8) is 0 Å². The summed E-state index contributed by atoms with van der Waals surface area (Å²) >= 11 is 0. The van der Waals surface area contributed by atoms with Crippen LogP contribution < -0.4 is 14.2 Å². The number of nitrogens with zero attached hydrogens (tertiary/aromatic N) is 1. The van der Waals surface area contributed by atoms with Crippen LogP contribution in [0, 0.1) is 0 Å². The minimum atomic E-state index is -1.10. The number of aliphatic hydroxyl groups is 1. The predicted octanol–water partition coefficient (Wildman–Crippen LogP) is 6.70. The maximum absolute atomic E-state index is 13.2. The number of hydrogen-bond donors (Lipinski definition) is 1. The van der Waals surface area contributed by atoms with E-state index >= 15 is 0 Å². The first-order chi connectivity index (χ1) is 21.6. The van der Waals surface area contributed by atoms with Crippen LogP contribution in [0.25, 0.3) is 0 Å². The van der Waals surface area contributed by atoms with Crippen LogP contribution in [0.2, 0.25) is 0 Å². The summed E-state index contributed by atoms with van der Waals surface area (Å²) in [6.07, 6.45) is 1.48. The number of aliphatic hydroxyl groups excluding tert-OH is 1. The minimum Gasteiger partial charge on any atom is -0.497 e. The monoisotopic (exact) mass is 611 g/mol. The van der Waals surface area contributed by atoms with Crippen molar-refractivity contribution in [3.05, 3.63) is 118 Å². The van der Waals surface area contributed by atoms with E-state index in [9.17, 15) is 9.90 Å². The molecule has 3 aromatic carbocycles. The number of hydrogen-bond acceptors (Lipinski definition) is 8. The second kappa shape index (κ2) is 14.1. The highest BCUT2D eigenvalue weighted by Crippen LogP contribution is 2.39. The highest BCUT2D eigenvalue weighted by Gasteiger charge is 2.29. The standard InChI is InChI=1S/C37H41NO7/c1-37(2,3)45-34(39)21-32(26-11-10-25-16-18-44-33(25)20-26)31-7-6-17-38-35(31)36(40)30-15-14-29(42-5)19-27(30)23-43-22-24-8-12-28(41-4)13-9-24/h6-15,17,19-20,32,36,40H,16,18,21-23H2,1-5H3/t32-,36+/m0/s1. The van der Waals surface area contributed by atoms with Gasteiger partial charge in [0.25, 0.3) is 0 Å². The first kappa shape index (κ1) is 32.0. The molecule has 0 fully saturated rings. The quantitative estimate of drug-likeness (QED) is 0.177. The second-order valence-corrected chi connectivity index (χ2v) is 12.1. The molecule has 0 aliphatic carbocycles. The van der Waals surface area contributed by atoms with E-state index in [1.54, 1.807) is 20.4 Å². The van der Waals surface area contributed by atoms with Crippen molar-refractivity contribution in [3.8, 4) is 17.2 Å². The van der Waals surface area contributed by atoms with Crippen LogP contribution >= 0.6 is 0 Å². The highest BCUT2D eigenvalue weighted by atomic mass is 16.6. The van der Waals surface area contributed by atoms with Gasteiger partial charge in [-0.1, -0.05) is 36.4 Å². The molecule has 236 valence electrons. The van der Waals surface area contributed by atoms with E-state index in [-0.39, 0.29) is 19.0 Å². The van der Waals surface area contributed by atoms with Gasteiger partial charge in [-0.2, -0.15) is 0 Å². The summed E-state index contributed by atoms with van der Waals surface area (Å²) in [6.45, 7) is 6.80. The lowest BCUT2D eigenvalue weighted by molar-refractivity contribution is -0.155. The van der Waals surface area contributed by atoms with Gasteiger partial charge in [-0.05, 0) is 90.6 Å². The Hall–Kier alpha value is -4.40. The topological polar surface area (TPSA) is 96.3 Å². The van der Waals surface area contributed by atoms with Gasteiger partial charge in [0, 0.05) is 18.5 Å². The molecule has 8 nitrogen and oxygen atoms in total. The zero-order chi connectivity index (χ0) is 32.0. The first-order valence-corrected chi connectivity index (χ1v) is 15.1. The summed E-state index contributed by atoms with van der Waals surface area (Å²) in [5, 5.41) is 11.9. The molecule has 8 heteroatoms. The lowest BCUT2D eigenvalue weighted by Gasteiger charge is -2.26. The molecule has 1 aromatic heterocycles. The highest BCUT2D eigenvalue weighted by molar-refractivity contribution is 5.72. The van der Waals surface area contributed by atoms with Crippen LogP contribution in [0.4, 0.5) is 0 Å². The van der Waals surface area contributed by atoms with Crippen LogP contribution in [-0.4, -0.2) is 42.5 Å². The van der Waals surface area contributed by atoms with Crippen molar-refractivity contribution < 1.29 is 33.6 Å². The van der Waals surface area contributed by atoms with Gasteiger partial charge in [0.1, 0.15) is 29.0 Å². The number of carbonyl (C=O) groups excluding carboxylic acids is 1. The Morgan fingerprint density at radius 1 is 0.933 bits per heavy atom. The average Bonchev–Trinajstić information content (AvgIpc) is 3.51. The maximum Gasteiger partial charge on any atom is 0.307 e. The molecule has 2 atom stereocenters. The molecule has 5 rings (SSSR count). The van der Waals surface area contributed by atoms with Gasteiger partial charge in [0.05, 0.1) is 46.2 Å². The third-order valence-electron chi connectivity index (χ3n) is 7.75. The van der Waals surface area contributed by atoms with Crippen LogP contribution in [0.3, 0.4) is 0 Å². The summed E-state index contributed by atoms with van der Waals surface area (Å²) in [5.41, 5.74) is 4.98. The maximum atomic E-state index is 13.2. The second-order valence-electron chi connectivity index (χ2n) is 12.1. The Bertz CT molecular complexity index is 1610. The molecular weight excluding hydrogens is 570 g/mol. The van der Waals surface area contributed by atoms with Crippen LogP contribution in [0.15, 0.2) is 79.0 Å². The van der Waals surface area contributed by atoms with Crippen molar-refractivity contribution in [2.45, 2.75) is 64.4 Å². The first-order valence-electron chi connectivity index (χ1n) is 15.1. The molecule has 1 aliphatic heterocycles. The molecule has 4 aromatic rings. The Labute approximate surface area is 264 Å². The Kier molecular flexibility index (Phi) is 10.1. The van der Waals surface area contributed by atoms with Crippen LogP contribution in [0.5, 0.6) is 17.2 Å². The predicted molar refractivity (Wildman–Crippen MR) is 171 cm³/mol. The number of aromatic nitrogens is 1. The molecule has 0 saturated heterocycles. The minimum absolute atomic E-state index is 0.0713. The summed E-state index contributed by atoms with van der Waals surface area (Å²) < 4.78 is 28.4. The molecule has 1 N–H and O–H groups in total. The molecule has 1 aliphatic rings. The summed E-state index contributed by atoms with van der Waals surface area (Å²) in [6, 6.07) is 23.0. The molecule has 45 heavy (non-hydrogen) atoms. The number of pyridine rings is 1. The molecule has 2 heterocycles. The smallest absolute Gasteiger partial charge is 0.307 e. The molecule has 0 spiro atoms. The number of esters is 1. The number of rotatable bonds is 12. The molecule has 0 unspecified atom stereocenters. The summed E-state index contributed by atoms with van der Waals surface area (Å²) in [5.74, 6) is 1.48. The number of methoxy groups -OCH3 is 2. The Morgan fingerprint density at radius 2 is 1.69 bits per heavy atom. The molecular formula is C37H41NO7. The van der Waals surface area contributed by atoms with Gasteiger partial charge >= 0.3 is 5.97 Å². The van der Waals surface area contributed by atoms with Crippen molar-refractivity contribution in [2.24, 2.45) is 0 Å².